The zero-order valence-electron chi connectivity index (χ0n) is 14.5. The molecular formula is C21H18Cl2FNO2. The van der Waals surface area contributed by atoms with Gasteiger partial charge in [-0.15, -0.1) is 0 Å². The highest BCUT2D eigenvalue weighted by molar-refractivity contribution is 6.35. The average molecular weight is 406 g/mol. The lowest BCUT2D eigenvalue weighted by molar-refractivity contribution is -0.137. The van der Waals surface area contributed by atoms with Crippen molar-refractivity contribution in [3.05, 3.63) is 69.1 Å². The summed E-state index contributed by atoms with van der Waals surface area (Å²) in [5, 5.41) is 11.4. The van der Waals surface area contributed by atoms with Crippen LogP contribution in [-0.4, -0.2) is 15.6 Å². The van der Waals surface area contributed by atoms with Crippen LogP contribution in [0.4, 0.5) is 4.39 Å². The molecular weight excluding hydrogens is 388 g/mol. The summed E-state index contributed by atoms with van der Waals surface area (Å²) in [6.07, 6.45) is 2.61. The van der Waals surface area contributed by atoms with Crippen molar-refractivity contribution in [2.75, 3.05) is 0 Å². The van der Waals surface area contributed by atoms with Crippen LogP contribution >= 0.6 is 23.2 Å². The standard InChI is InChI=1S/C21H18Cl2FNO2/c22-14-5-4-13(18(23)9-14)11-25-19-7-6-15(24)10-17(19)16-3-1-2-12(21(16)25)8-20(26)27/h4-7,9-10,12H,1-3,8,11H2,(H,26,27). The second-order valence-corrected chi connectivity index (χ2v) is 7.88. The molecule has 0 amide bonds. The molecule has 6 heteroatoms. The fourth-order valence-electron chi connectivity index (χ4n) is 4.21. The van der Waals surface area contributed by atoms with Gasteiger partial charge in [-0.05, 0) is 60.7 Å². The summed E-state index contributed by atoms with van der Waals surface area (Å²) < 4.78 is 16.0. The van der Waals surface area contributed by atoms with Gasteiger partial charge in [0.25, 0.3) is 0 Å². The van der Waals surface area contributed by atoms with E-state index in [1.165, 1.54) is 6.07 Å². The van der Waals surface area contributed by atoms with E-state index in [-0.39, 0.29) is 18.2 Å². The van der Waals surface area contributed by atoms with Crippen molar-refractivity contribution < 1.29 is 14.3 Å². The number of benzene rings is 2. The van der Waals surface area contributed by atoms with Gasteiger partial charge in [0.1, 0.15) is 5.82 Å². The van der Waals surface area contributed by atoms with E-state index in [2.05, 4.69) is 4.57 Å². The lowest BCUT2D eigenvalue weighted by Crippen LogP contribution is -2.17. The van der Waals surface area contributed by atoms with Gasteiger partial charge >= 0.3 is 5.97 Å². The molecule has 0 aliphatic heterocycles. The number of carboxylic acid groups (broad SMARTS) is 1. The summed E-state index contributed by atoms with van der Waals surface area (Å²) in [4.78, 5) is 11.4. The summed E-state index contributed by atoms with van der Waals surface area (Å²) in [5.74, 6) is -1.19. The van der Waals surface area contributed by atoms with E-state index in [9.17, 15) is 14.3 Å². The summed E-state index contributed by atoms with van der Waals surface area (Å²) >= 11 is 12.4. The van der Waals surface area contributed by atoms with Gasteiger partial charge in [0, 0.05) is 39.1 Å². The number of hydrogen-bond donors (Lipinski definition) is 1. The Labute approximate surface area is 166 Å². The van der Waals surface area contributed by atoms with Crippen molar-refractivity contribution in [1.82, 2.24) is 4.57 Å². The Kier molecular flexibility index (Phi) is 4.87. The lowest BCUT2D eigenvalue weighted by Gasteiger charge is -2.25. The zero-order chi connectivity index (χ0) is 19.1. The largest absolute Gasteiger partial charge is 0.481 e. The summed E-state index contributed by atoms with van der Waals surface area (Å²) in [6, 6.07) is 10.1. The van der Waals surface area contributed by atoms with Crippen molar-refractivity contribution in [3.8, 4) is 0 Å². The van der Waals surface area contributed by atoms with Crippen molar-refractivity contribution in [3.63, 3.8) is 0 Å². The third-order valence-corrected chi connectivity index (χ3v) is 5.89. The zero-order valence-corrected chi connectivity index (χ0v) is 16.0. The number of hydrogen-bond acceptors (Lipinski definition) is 1. The Morgan fingerprint density at radius 1 is 1.22 bits per heavy atom. The van der Waals surface area contributed by atoms with Gasteiger partial charge in [-0.3, -0.25) is 4.79 Å². The molecule has 3 nitrogen and oxygen atoms in total. The first-order chi connectivity index (χ1) is 12.9. The van der Waals surface area contributed by atoms with Crippen LogP contribution in [-0.2, 0) is 17.8 Å². The molecule has 0 bridgehead atoms. The Balaban J connectivity index is 1.91. The lowest BCUT2D eigenvalue weighted by atomic mass is 9.84. The van der Waals surface area contributed by atoms with Gasteiger partial charge in [-0.1, -0.05) is 29.3 Å². The topological polar surface area (TPSA) is 42.2 Å². The highest BCUT2D eigenvalue weighted by Crippen LogP contribution is 2.41. The first-order valence-corrected chi connectivity index (χ1v) is 9.66. The molecule has 0 radical (unpaired) electrons. The summed E-state index contributed by atoms with van der Waals surface area (Å²) in [6.45, 7) is 0.490. The summed E-state index contributed by atoms with van der Waals surface area (Å²) in [7, 11) is 0. The SMILES string of the molecule is O=C(O)CC1CCCc2c1n(Cc1ccc(Cl)cc1Cl)c1ccc(F)cc21. The third kappa shape index (κ3) is 3.44. The maximum absolute atomic E-state index is 13.9. The Morgan fingerprint density at radius 2 is 2.04 bits per heavy atom. The minimum absolute atomic E-state index is 0.0696. The van der Waals surface area contributed by atoms with Gasteiger partial charge in [0.15, 0.2) is 0 Å². The van der Waals surface area contributed by atoms with Gasteiger partial charge in [-0.25, -0.2) is 4.39 Å². The van der Waals surface area contributed by atoms with Gasteiger partial charge in [0.05, 0.1) is 6.42 Å². The minimum Gasteiger partial charge on any atom is -0.481 e. The molecule has 0 spiro atoms. The molecule has 27 heavy (non-hydrogen) atoms. The van der Waals surface area contributed by atoms with Crippen LogP contribution < -0.4 is 0 Å². The highest BCUT2D eigenvalue weighted by Gasteiger charge is 2.29. The van der Waals surface area contributed by atoms with E-state index < -0.39 is 5.97 Å². The van der Waals surface area contributed by atoms with Crippen molar-refractivity contribution in [2.45, 2.75) is 38.1 Å². The molecule has 1 heterocycles. The van der Waals surface area contributed by atoms with Crippen molar-refractivity contribution in [1.29, 1.82) is 0 Å². The maximum atomic E-state index is 13.9. The molecule has 1 N–H and O–H groups in total. The van der Waals surface area contributed by atoms with Gasteiger partial charge < -0.3 is 9.67 Å². The van der Waals surface area contributed by atoms with Crippen LogP contribution in [0.25, 0.3) is 10.9 Å². The molecule has 0 saturated heterocycles. The Bertz CT molecular complexity index is 1040. The molecule has 1 aliphatic carbocycles. The van der Waals surface area contributed by atoms with Crippen LogP contribution in [0.15, 0.2) is 36.4 Å². The second kappa shape index (κ2) is 7.17. The van der Waals surface area contributed by atoms with E-state index in [1.54, 1.807) is 24.3 Å². The number of carbonyl (C=O) groups is 1. The van der Waals surface area contributed by atoms with E-state index in [4.69, 9.17) is 23.2 Å². The van der Waals surface area contributed by atoms with E-state index in [0.29, 0.717) is 16.6 Å². The van der Waals surface area contributed by atoms with Crippen LogP contribution in [0.1, 0.15) is 42.0 Å². The average Bonchev–Trinajstić information content (AvgIpc) is 2.91. The molecule has 1 unspecified atom stereocenters. The monoisotopic (exact) mass is 405 g/mol. The molecule has 1 aromatic heterocycles. The first-order valence-electron chi connectivity index (χ1n) is 8.90. The van der Waals surface area contributed by atoms with Crippen molar-refractivity contribution in [2.24, 2.45) is 0 Å². The molecule has 3 aromatic rings. The Hall–Kier alpha value is -2.04. The van der Waals surface area contributed by atoms with E-state index in [1.807, 2.05) is 6.07 Å². The van der Waals surface area contributed by atoms with Crippen LogP contribution in [0.2, 0.25) is 10.0 Å². The quantitative estimate of drug-likeness (QED) is 0.575. The van der Waals surface area contributed by atoms with Gasteiger partial charge in [-0.2, -0.15) is 0 Å². The molecule has 1 atom stereocenters. The fourth-order valence-corrected chi connectivity index (χ4v) is 4.68. The third-order valence-electron chi connectivity index (χ3n) is 5.31. The predicted molar refractivity (Wildman–Crippen MR) is 105 cm³/mol. The van der Waals surface area contributed by atoms with E-state index >= 15 is 0 Å². The molecule has 1 aliphatic rings. The van der Waals surface area contributed by atoms with Crippen LogP contribution in [0, 0.1) is 5.82 Å². The molecule has 140 valence electrons. The number of nitrogens with zero attached hydrogens (tertiary/aromatic N) is 1. The molecule has 4 rings (SSSR count). The number of halogens is 3. The number of aliphatic carboxylic acids is 1. The molecule has 0 saturated carbocycles. The number of rotatable bonds is 4. The maximum Gasteiger partial charge on any atom is 0.304 e. The highest BCUT2D eigenvalue weighted by atomic mass is 35.5. The second-order valence-electron chi connectivity index (χ2n) is 7.03. The smallest absolute Gasteiger partial charge is 0.304 e. The first kappa shape index (κ1) is 18.3. The molecule has 2 aromatic carbocycles. The fraction of sp³-hybridized carbons (Fsp3) is 0.286. The number of fused-ring (bicyclic) bond motifs is 3. The normalized spacial score (nSPS) is 16.5. The summed E-state index contributed by atoms with van der Waals surface area (Å²) in [5.41, 5.74) is 3.86. The molecule has 0 fully saturated rings. The number of aryl methyl sites for hydroxylation is 1. The van der Waals surface area contributed by atoms with Crippen molar-refractivity contribution >= 4 is 40.1 Å². The van der Waals surface area contributed by atoms with Crippen LogP contribution in [0.5, 0.6) is 0 Å². The van der Waals surface area contributed by atoms with Crippen LogP contribution in [0.3, 0.4) is 0 Å². The van der Waals surface area contributed by atoms with Gasteiger partial charge in [0.2, 0.25) is 0 Å². The minimum atomic E-state index is -0.819. The number of carboxylic acids is 1. The predicted octanol–water partition coefficient (Wildman–Crippen LogP) is 6.03. The Morgan fingerprint density at radius 3 is 2.78 bits per heavy atom. The van der Waals surface area contributed by atoms with E-state index in [0.717, 1.165) is 47.0 Å². The number of aromatic nitrogens is 1.